The lowest BCUT2D eigenvalue weighted by Crippen LogP contribution is -2.16. The van der Waals surface area contributed by atoms with Gasteiger partial charge in [0.15, 0.2) is 0 Å². The van der Waals surface area contributed by atoms with Crippen molar-refractivity contribution in [2.24, 2.45) is 5.73 Å². The molecule has 0 unspecified atom stereocenters. The van der Waals surface area contributed by atoms with E-state index >= 15 is 0 Å². The Morgan fingerprint density at radius 1 is 1.24 bits per heavy atom. The summed E-state index contributed by atoms with van der Waals surface area (Å²) in [5.41, 5.74) is 4.21. The van der Waals surface area contributed by atoms with Crippen LogP contribution in [0, 0.1) is 5.82 Å². The second kappa shape index (κ2) is 6.87. The maximum Gasteiger partial charge on any atom is 0.419 e. The van der Waals surface area contributed by atoms with Crippen LogP contribution in [0.5, 0.6) is 0 Å². The standard InChI is InChI=1S/C12H16F4NO3P/c1-3-19-21(18,20-4-2)11(17)8-5-6-9(10(13)7-8)12(14,15)16/h5-7,11H,3-4,17H2,1-2H3/t11-/m1/s1. The third-order valence-electron chi connectivity index (χ3n) is 2.60. The molecule has 2 N–H and O–H groups in total. The van der Waals surface area contributed by atoms with Crippen molar-refractivity contribution in [3.8, 4) is 0 Å². The fraction of sp³-hybridized carbons (Fsp3) is 0.500. The topological polar surface area (TPSA) is 61.5 Å². The van der Waals surface area contributed by atoms with Gasteiger partial charge < -0.3 is 14.8 Å². The molecule has 1 rings (SSSR count). The van der Waals surface area contributed by atoms with E-state index in [9.17, 15) is 22.1 Å². The van der Waals surface area contributed by atoms with E-state index in [0.717, 1.165) is 6.07 Å². The number of alkyl halides is 3. The van der Waals surface area contributed by atoms with E-state index in [1.807, 2.05) is 0 Å². The molecule has 0 aliphatic rings. The number of hydrogen-bond acceptors (Lipinski definition) is 4. The summed E-state index contributed by atoms with van der Waals surface area (Å²) in [4.78, 5) is 0. The quantitative estimate of drug-likeness (QED) is 0.631. The third kappa shape index (κ3) is 4.26. The molecule has 0 radical (unpaired) electrons. The first-order valence-corrected chi connectivity index (χ1v) is 7.78. The molecule has 0 bridgehead atoms. The highest BCUT2D eigenvalue weighted by Gasteiger charge is 2.37. The van der Waals surface area contributed by atoms with Crippen LogP contribution in [0.2, 0.25) is 0 Å². The van der Waals surface area contributed by atoms with Gasteiger partial charge in [0.1, 0.15) is 11.6 Å². The molecule has 0 aliphatic carbocycles. The summed E-state index contributed by atoms with van der Waals surface area (Å²) in [6, 6.07) is 2.10. The molecule has 120 valence electrons. The van der Waals surface area contributed by atoms with Gasteiger partial charge in [-0.05, 0) is 31.5 Å². The summed E-state index contributed by atoms with van der Waals surface area (Å²) in [6.45, 7) is 3.19. The lowest BCUT2D eigenvalue weighted by molar-refractivity contribution is -0.140. The van der Waals surface area contributed by atoms with Gasteiger partial charge >= 0.3 is 13.8 Å². The Kier molecular flexibility index (Phi) is 5.92. The fourth-order valence-electron chi connectivity index (χ4n) is 1.69. The molecule has 1 aromatic carbocycles. The van der Waals surface area contributed by atoms with Crippen molar-refractivity contribution in [1.82, 2.24) is 0 Å². The highest BCUT2D eigenvalue weighted by atomic mass is 31.2. The first-order chi connectivity index (χ1) is 9.65. The lowest BCUT2D eigenvalue weighted by Gasteiger charge is -2.23. The highest BCUT2D eigenvalue weighted by Crippen LogP contribution is 2.58. The Morgan fingerprint density at radius 3 is 2.14 bits per heavy atom. The van der Waals surface area contributed by atoms with E-state index in [4.69, 9.17) is 14.8 Å². The van der Waals surface area contributed by atoms with Crippen LogP contribution in [0.1, 0.15) is 30.8 Å². The van der Waals surface area contributed by atoms with Gasteiger partial charge in [-0.1, -0.05) is 6.07 Å². The number of halogens is 4. The van der Waals surface area contributed by atoms with Gasteiger partial charge in [-0.25, -0.2) is 4.39 Å². The summed E-state index contributed by atoms with van der Waals surface area (Å²) < 4.78 is 73.3. The van der Waals surface area contributed by atoms with Gasteiger partial charge in [0.05, 0.1) is 18.8 Å². The number of hydrogen-bond donors (Lipinski definition) is 1. The van der Waals surface area contributed by atoms with Crippen molar-refractivity contribution < 1.29 is 31.2 Å². The van der Waals surface area contributed by atoms with Crippen LogP contribution >= 0.6 is 7.60 Å². The lowest BCUT2D eigenvalue weighted by atomic mass is 10.1. The second-order valence-electron chi connectivity index (χ2n) is 4.06. The SMILES string of the molecule is CCOP(=O)(OCC)[C@@H](N)c1ccc(C(F)(F)F)c(F)c1. The number of benzene rings is 1. The molecule has 0 aliphatic heterocycles. The summed E-state index contributed by atoms with van der Waals surface area (Å²) in [5.74, 6) is -2.86. The predicted molar refractivity (Wildman–Crippen MR) is 69.2 cm³/mol. The van der Waals surface area contributed by atoms with Crippen molar-refractivity contribution in [1.29, 1.82) is 0 Å². The number of nitrogens with two attached hydrogens (primary N) is 1. The van der Waals surface area contributed by atoms with Crippen LogP contribution in [0.4, 0.5) is 17.6 Å². The molecular formula is C12H16F4NO3P. The fourth-order valence-corrected chi connectivity index (χ4v) is 3.33. The summed E-state index contributed by atoms with van der Waals surface area (Å²) in [7, 11) is -3.78. The zero-order chi connectivity index (χ0) is 16.3. The molecular weight excluding hydrogens is 313 g/mol. The smallest absolute Gasteiger partial charge is 0.314 e. The molecule has 1 aromatic rings. The second-order valence-corrected chi connectivity index (χ2v) is 6.21. The van der Waals surface area contributed by atoms with Crippen molar-refractivity contribution in [3.05, 3.63) is 35.1 Å². The first kappa shape index (κ1) is 18.1. The zero-order valence-electron chi connectivity index (χ0n) is 11.5. The van der Waals surface area contributed by atoms with E-state index in [2.05, 4.69) is 0 Å². The van der Waals surface area contributed by atoms with Crippen molar-refractivity contribution >= 4 is 7.60 Å². The minimum Gasteiger partial charge on any atom is -0.314 e. The Bertz CT molecular complexity index is 526. The van der Waals surface area contributed by atoms with E-state index in [1.54, 1.807) is 13.8 Å². The van der Waals surface area contributed by atoms with E-state index in [0.29, 0.717) is 12.1 Å². The summed E-state index contributed by atoms with van der Waals surface area (Å²) >= 11 is 0. The molecule has 21 heavy (non-hydrogen) atoms. The maximum atomic E-state index is 13.5. The van der Waals surface area contributed by atoms with Crippen LogP contribution in [-0.4, -0.2) is 13.2 Å². The van der Waals surface area contributed by atoms with Gasteiger partial charge in [-0.3, -0.25) is 4.57 Å². The van der Waals surface area contributed by atoms with E-state index in [-0.39, 0.29) is 18.8 Å². The molecule has 1 atom stereocenters. The zero-order valence-corrected chi connectivity index (χ0v) is 12.4. The summed E-state index contributed by atoms with van der Waals surface area (Å²) in [5, 5.41) is 0. The number of rotatable bonds is 6. The molecule has 0 amide bonds. The van der Waals surface area contributed by atoms with E-state index in [1.165, 1.54) is 0 Å². The van der Waals surface area contributed by atoms with E-state index < -0.39 is 30.9 Å². The molecule has 0 saturated heterocycles. The van der Waals surface area contributed by atoms with Crippen molar-refractivity contribution in [2.45, 2.75) is 25.8 Å². The molecule has 9 heteroatoms. The predicted octanol–water partition coefficient (Wildman–Crippen LogP) is 4.07. The van der Waals surface area contributed by atoms with Gasteiger partial charge in [0, 0.05) is 0 Å². The van der Waals surface area contributed by atoms with Crippen LogP contribution in [0.25, 0.3) is 0 Å². The van der Waals surface area contributed by atoms with Gasteiger partial charge in [-0.2, -0.15) is 13.2 Å². The van der Waals surface area contributed by atoms with Crippen molar-refractivity contribution in [3.63, 3.8) is 0 Å². The Labute approximate surface area is 119 Å². The molecule has 4 nitrogen and oxygen atoms in total. The molecule has 0 spiro atoms. The average Bonchev–Trinajstić information content (AvgIpc) is 2.36. The minimum atomic E-state index is -4.81. The van der Waals surface area contributed by atoms with Crippen LogP contribution in [0.3, 0.4) is 0 Å². The monoisotopic (exact) mass is 329 g/mol. The maximum absolute atomic E-state index is 13.5. The summed E-state index contributed by atoms with van der Waals surface area (Å²) in [6.07, 6.45) is -4.81. The Morgan fingerprint density at radius 2 is 1.76 bits per heavy atom. The molecule has 0 saturated carbocycles. The molecule has 0 heterocycles. The Balaban J connectivity index is 3.15. The van der Waals surface area contributed by atoms with Crippen LogP contribution in [0.15, 0.2) is 18.2 Å². The molecule has 0 aromatic heterocycles. The highest BCUT2D eigenvalue weighted by molar-refractivity contribution is 7.54. The minimum absolute atomic E-state index is 0.0358. The largest absolute Gasteiger partial charge is 0.419 e. The van der Waals surface area contributed by atoms with Gasteiger partial charge in [-0.15, -0.1) is 0 Å². The Hall–Kier alpha value is -0.950. The molecule has 0 fully saturated rings. The van der Waals surface area contributed by atoms with Crippen molar-refractivity contribution in [2.75, 3.05) is 13.2 Å². The third-order valence-corrected chi connectivity index (χ3v) is 4.81. The van der Waals surface area contributed by atoms with Crippen LogP contribution in [-0.2, 0) is 19.8 Å². The normalized spacial score (nSPS) is 14.2. The average molecular weight is 329 g/mol. The first-order valence-electron chi connectivity index (χ1n) is 6.16. The van der Waals surface area contributed by atoms with Gasteiger partial charge in [0.25, 0.3) is 0 Å². The van der Waals surface area contributed by atoms with Crippen LogP contribution < -0.4 is 5.73 Å². The van der Waals surface area contributed by atoms with Gasteiger partial charge in [0.2, 0.25) is 0 Å².